The quantitative estimate of drug-likeness (QED) is 0.480. The van der Waals surface area contributed by atoms with Crippen LogP contribution >= 0.6 is 23.2 Å². The van der Waals surface area contributed by atoms with Gasteiger partial charge in [-0.3, -0.25) is 0 Å². The number of nitrogens with zero attached hydrogens (tertiary/aromatic N) is 1. The minimum absolute atomic E-state index is 0.137. The van der Waals surface area contributed by atoms with E-state index in [2.05, 4.69) is 0 Å². The largest absolute Gasteiger partial charge is 0.462 e. The SMILES string of the molecule is CCOC(=O)C(C#N)=Cc1c(Cl)cccc1Cl. The van der Waals surface area contributed by atoms with Gasteiger partial charge in [0.2, 0.25) is 0 Å². The van der Waals surface area contributed by atoms with Gasteiger partial charge in [0.1, 0.15) is 11.6 Å². The lowest BCUT2D eigenvalue weighted by molar-refractivity contribution is -0.137. The molecule has 0 aliphatic carbocycles. The lowest BCUT2D eigenvalue weighted by Crippen LogP contribution is -2.06. The summed E-state index contributed by atoms with van der Waals surface area (Å²) in [6.07, 6.45) is 1.32. The van der Waals surface area contributed by atoms with Crippen molar-refractivity contribution < 1.29 is 9.53 Å². The zero-order valence-corrected chi connectivity index (χ0v) is 10.5. The second-order valence-corrected chi connectivity index (χ2v) is 3.84. The summed E-state index contributed by atoms with van der Waals surface area (Å²) < 4.78 is 4.73. The molecule has 0 atom stereocenters. The molecule has 0 radical (unpaired) electrons. The Labute approximate surface area is 109 Å². The molecule has 1 rings (SSSR count). The number of esters is 1. The van der Waals surface area contributed by atoms with Gasteiger partial charge in [0, 0.05) is 15.6 Å². The lowest BCUT2D eigenvalue weighted by atomic mass is 10.1. The van der Waals surface area contributed by atoms with Crippen LogP contribution in [0.5, 0.6) is 0 Å². The molecule has 1 aromatic rings. The smallest absolute Gasteiger partial charge is 0.348 e. The molecule has 0 unspecified atom stereocenters. The van der Waals surface area contributed by atoms with Crippen LogP contribution in [0, 0.1) is 11.3 Å². The highest BCUT2D eigenvalue weighted by Gasteiger charge is 2.12. The van der Waals surface area contributed by atoms with Crippen molar-refractivity contribution in [1.82, 2.24) is 0 Å². The molecule has 0 aliphatic rings. The molecule has 17 heavy (non-hydrogen) atoms. The summed E-state index contributed by atoms with van der Waals surface area (Å²) in [5.74, 6) is -0.689. The zero-order chi connectivity index (χ0) is 12.8. The Bertz CT molecular complexity index is 483. The zero-order valence-electron chi connectivity index (χ0n) is 9.04. The lowest BCUT2D eigenvalue weighted by Gasteiger charge is -2.03. The Morgan fingerprint density at radius 1 is 1.47 bits per heavy atom. The van der Waals surface area contributed by atoms with E-state index in [0.29, 0.717) is 15.6 Å². The van der Waals surface area contributed by atoms with Crippen LogP contribution in [0.2, 0.25) is 10.0 Å². The van der Waals surface area contributed by atoms with Gasteiger partial charge < -0.3 is 4.74 Å². The van der Waals surface area contributed by atoms with Crippen molar-refractivity contribution in [2.45, 2.75) is 6.92 Å². The third-order valence-electron chi connectivity index (χ3n) is 1.90. The van der Waals surface area contributed by atoms with Crippen molar-refractivity contribution in [2.75, 3.05) is 6.61 Å². The molecular formula is C12H9Cl2NO2. The predicted molar refractivity (Wildman–Crippen MR) is 66.7 cm³/mol. The van der Waals surface area contributed by atoms with Gasteiger partial charge in [-0.25, -0.2) is 4.79 Å². The Morgan fingerprint density at radius 2 is 2.06 bits per heavy atom. The van der Waals surface area contributed by atoms with Crippen molar-refractivity contribution in [1.29, 1.82) is 5.26 Å². The maximum Gasteiger partial charge on any atom is 0.348 e. The molecule has 5 heteroatoms. The first kappa shape index (κ1) is 13.6. The van der Waals surface area contributed by atoms with Crippen LogP contribution in [0.1, 0.15) is 12.5 Å². The molecule has 0 aromatic heterocycles. The number of hydrogen-bond donors (Lipinski definition) is 0. The minimum Gasteiger partial charge on any atom is -0.462 e. The van der Waals surface area contributed by atoms with Gasteiger partial charge in [-0.15, -0.1) is 0 Å². The van der Waals surface area contributed by atoms with Crippen LogP contribution in [-0.2, 0) is 9.53 Å². The van der Waals surface area contributed by atoms with E-state index in [1.54, 1.807) is 31.2 Å². The molecule has 1 aromatic carbocycles. The van der Waals surface area contributed by atoms with Crippen molar-refractivity contribution >= 4 is 35.2 Å². The van der Waals surface area contributed by atoms with E-state index in [0.717, 1.165) is 0 Å². The second kappa shape index (κ2) is 6.29. The van der Waals surface area contributed by atoms with Crippen LogP contribution in [-0.4, -0.2) is 12.6 Å². The van der Waals surface area contributed by atoms with Gasteiger partial charge >= 0.3 is 5.97 Å². The molecule has 0 heterocycles. The predicted octanol–water partition coefficient (Wildman–Crippen LogP) is 3.46. The highest BCUT2D eigenvalue weighted by atomic mass is 35.5. The second-order valence-electron chi connectivity index (χ2n) is 3.03. The molecule has 0 bridgehead atoms. The average Bonchev–Trinajstić information content (AvgIpc) is 2.29. The van der Waals surface area contributed by atoms with Crippen molar-refractivity contribution in [3.05, 3.63) is 39.4 Å². The van der Waals surface area contributed by atoms with E-state index in [-0.39, 0.29) is 12.2 Å². The molecule has 0 saturated carbocycles. The molecule has 0 aliphatic heterocycles. The Morgan fingerprint density at radius 3 is 2.53 bits per heavy atom. The highest BCUT2D eigenvalue weighted by molar-refractivity contribution is 6.37. The number of rotatable bonds is 3. The number of hydrogen-bond acceptors (Lipinski definition) is 3. The molecule has 88 valence electrons. The number of halogens is 2. The molecule has 0 N–H and O–H groups in total. The summed E-state index contributed by atoms with van der Waals surface area (Å²) in [6, 6.07) is 6.69. The van der Waals surface area contributed by atoms with E-state index in [9.17, 15) is 4.79 Å². The van der Waals surface area contributed by atoms with Gasteiger partial charge in [0.25, 0.3) is 0 Å². The van der Waals surface area contributed by atoms with Crippen molar-refractivity contribution in [3.8, 4) is 6.07 Å². The molecule has 0 spiro atoms. The maximum absolute atomic E-state index is 11.4. The fourth-order valence-electron chi connectivity index (χ4n) is 1.14. The third kappa shape index (κ3) is 3.48. The van der Waals surface area contributed by atoms with E-state index in [1.807, 2.05) is 0 Å². The van der Waals surface area contributed by atoms with Crippen LogP contribution in [0.25, 0.3) is 6.08 Å². The fraction of sp³-hybridized carbons (Fsp3) is 0.167. The van der Waals surface area contributed by atoms with E-state index in [4.69, 9.17) is 33.2 Å². The van der Waals surface area contributed by atoms with E-state index in [1.165, 1.54) is 6.08 Å². The highest BCUT2D eigenvalue weighted by Crippen LogP contribution is 2.26. The Hall–Kier alpha value is -1.50. The molecule has 3 nitrogen and oxygen atoms in total. The monoisotopic (exact) mass is 269 g/mol. The number of benzene rings is 1. The van der Waals surface area contributed by atoms with Crippen LogP contribution in [0.3, 0.4) is 0 Å². The fourth-order valence-corrected chi connectivity index (χ4v) is 1.65. The van der Waals surface area contributed by atoms with E-state index < -0.39 is 5.97 Å². The first-order valence-electron chi connectivity index (χ1n) is 4.83. The van der Waals surface area contributed by atoms with Crippen LogP contribution in [0.4, 0.5) is 0 Å². The number of carbonyl (C=O) groups excluding carboxylic acids is 1. The first-order valence-corrected chi connectivity index (χ1v) is 5.58. The first-order chi connectivity index (χ1) is 8.10. The van der Waals surface area contributed by atoms with E-state index >= 15 is 0 Å². The summed E-state index contributed by atoms with van der Waals surface area (Å²) in [6.45, 7) is 1.86. The van der Waals surface area contributed by atoms with Gasteiger partial charge in [0.05, 0.1) is 6.61 Å². The Balaban J connectivity index is 3.16. The summed E-state index contributed by atoms with van der Waals surface area (Å²) in [7, 11) is 0. The van der Waals surface area contributed by atoms with Crippen molar-refractivity contribution in [3.63, 3.8) is 0 Å². The van der Waals surface area contributed by atoms with Crippen LogP contribution < -0.4 is 0 Å². The normalized spacial score (nSPS) is 10.8. The maximum atomic E-state index is 11.4. The molecule has 0 saturated heterocycles. The summed E-state index contributed by atoms with van der Waals surface area (Å²) >= 11 is 11.8. The standard InChI is InChI=1S/C12H9Cl2NO2/c1-2-17-12(16)8(7-15)6-9-10(13)4-3-5-11(9)14/h3-6H,2H2,1H3. The third-order valence-corrected chi connectivity index (χ3v) is 2.56. The summed E-state index contributed by atoms with van der Waals surface area (Å²) in [5, 5.41) is 9.60. The Kier molecular flexibility index (Phi) is 5.02. The molecular weight excluding hydrogens is 261 g/mol. The molecule has 0 fully saturated rings. The summed E-state index contributed by atoms with van der Waals surface area (Å²) in [5.41, 5.74) is 0.294. The van der Waals surface area contributed by atoms with Crippen LogP contribution in [0.15, 0.2) is 23.8 Å². The van der Waals surface area contributed by atoms with Gasteiger partial charge in [-0.05, 0) is 25.1 Å². The number of ether oxygens (including phenoxy) is 1. The topological polar surface area (TPSA) is 50.1 Å². The number of nitriles is 1. The van der Waals surface area contributed by atoms with Crippen molar-refractivity contribution in [2.24, 2.45) is 0 Å². The summed E-state index contributed by atoms with van der Waals surface area (Å²) in [4.78, 5) is 11.4. The number of carbonyl (C=O) groups is 1. The van der Waals surface area contributed by atoms with Gasteiger partial charge in [-0.1, -0.05) is 29.3 Å². The molecule has 0 amide bonds. The minimum atomic E-state index is -0.689. The average molecular weight is 270 g/mol. The van der Waals surface area contributed by atoms with Gasteiger partial charge in [0.15, 0.2) is 0 Å². The van der Waals surface area contributed by atoms with Gasteiger partial charge in [-0.2, -0.15) is 5.26 Å².